The quantitative estimate of drug-likeness (QED) is 0.181. The number of aryl methyl sites for hydroxylation is 4. The van der Waals surface area contributed by atoms with E-state index in [-0.39, 0.29) is 0 Å². The lowest BCUT2D eigenvalue weighted by molar-refractivity contribution is 1.39. The second-order valence-corrected chi connectivity index (χ2v) is 15.2. The van der Waals surface area contributed by atoms with Crippen molar-refractivity contribution in [2.75, 3.05) is 0 Å². The van der Waals surface area contributed by atoms with E-state index in [9.17, 15) is 0 Å². The monoisotopic (exact) mass is 690 g/mol. The number of para-hydroxylation sites is 2. The molecule has 0 fully saturated rings. The first-order valence-electron chi connectivity index (χ1n) is 19.0. The smallest absolute Gasteiger partial charge is 0.0471 e. The molecule has 54 heavy (non-hydrogen) atoms. The number of nitrogens with one attached hydrogen (secondary N) is 2. The standard InChI is InChI=1S/C52H38N2/c1-29-13-5-7-15-33(29)45-31(3)21-23-35-36-24-22-32(4)46(34-16-8-6-14-30(34)2)50(36)52-38(26-28-44-48(52)40-18-10-12-20-42(40)54-44)37-25-27-43-47(51(37)49(35)45)39-17-9-11-19-41(39)53-43/h5-28,53-54H,1-4H3. The van der Waals surface area contributed by atoms with E-state index in [1.54, 1.807) is 0 Å². The van der Waals surface area contributed by atoms with Crippen molar-refractivity contribution < 1.29 is 0 Å². The molecule has 2 nitrogen and oxygen atoms in total. The van der Waals surface area contributed by atoms with Gasteiger partial charge in [0.05, 0.1) is 0 Å². The van der Waals surface area contributed by atoms with Crippen molar-refractivity contribution in [3.8, 4) is 66.8 Å². The molecule has 11 rings (SSSR count). The van der Waals surface area contributed by atoms with Crippen LogP contribution in [-0.4, -0.2) is 9.97 Å². The molecule has 0 bridgehead atoms. The molecule has 2 heteroatoms. The first-order chi connectivity index (χ1) is 26.5. The molecule has 0 aliphatic heterocycles. The lowest BCUT2D eigenvalue weighted by atomic mass is 9.73. The molecule has 2 N–H and O–H groups in total. The third-order valence-corrected chi connectivity index (χ3v) is 12.1. The van der Waals surface area contributed by atoms with Gasteiger partial charge in [0.15, 0.2) is 0 Å². The number of aromatic nitrogens is 2. The molecule has 0 radical (unpaired) electrons. The van der Waals surface area contributed by atoms with Gasteiger partial charge in [-0.05, 0) is 130 Å². The summed E-state index contributed by atoms with van der Waals surface area (Å²) in [6, 6.07) is 54.3. The molecule has 1 aliphatic rings. The number of rotatable bonds is 2. The third-order valence-electron chi connectivity index (χ3n) is 12.1. The molecule has 0 amide bonds. The molecule has 256 valence electrons. The van der Waals surface area contributed by atoms with Crippen LogP contribution >= 0.6 is 0 Å². The molecular formula is C52H38N2. The number of benzene rings is 8. The van der Waals surface area contributed by atoms with E-state index in [0.29, 0.717) is 0 Å². The van der Waals surface area contributed by atoms with E-state index in [1.807, 2.05) is 0 Å². The average molecular weight is 691 g/mol. The van der Waals surface area contributed by atoms with Gasteiger partial charge in [-0.25, -0.2) is 0 Å². The Kier molecular flexibility index (Phi) is 6.55. The zero-order valence-electron chi connectivity index (χ0n) is 30.9. The molecule has 2 heterocycles. The second-order valence-electron chi connectivity index (χ2n) is 15.2. The molecule has 0 atom stereocenters. The molecule has 0 spiro atoms. The number of H-pyrrole nitrogens is 2. The lowest BCUT2D eigenvalue weighted by Crippen LogP contribution is -2.04. The molecule has 0 saturated carbocycles. The predicted octanol–water partition coefficient (Wildman–Crippen LogP) is 14.5. The fourth-order valence-corrected chi connectivity index (χ4v) is 9.63. The van der Waals surface area contributed by atoms with Gasteiger partial charge in [-0.2, -0.15) is 0 Å². The van der Waals surface area contributed by atoms with Gasteiger partial charge >= 0.3 is 0 Å². The van der Waals surface area contributed by atoms with Gasteiger partial charge in [0.1, 0.15) is 0 Å². The third kappa shape index (κ3) is 4.22. The van der Waals surface area contributed by atoms with Gasteiger partial charge in [0.25, 0.3) is 0 Å². The summed E-state index contributed by atoms with van der Waals surface area (Å²) in [6.07, 6.45) is 0. The van der Waals surface area contributed by atoms with Crippen LogP contribution in [0, 0.1) is 27.7 Å². The van der Waals surface area contributed by atoms with E-state index in [0.717, 1.165) is 22.1 Å². The van der Waals surface area contributed by atoms with E-state index in [1.165, 1.54) is 111 Å². The summed E-state index contributed by atoms with van der Waals surface area (Å²) < 4.78 is 0. The Hall–Kier alpha value is -6.64. The Balaban J connectivity index is 1.46. The van der Waals surface area contributed by atoms with Crippen molar-refractivity contribution in [2.24, 2.45) is 0 Å². The summed E-state index contributed by atoms with van der Waals surface area (Å²) in [4.78, 5) is 7.62. The minimum Gasteiger partial charge on any atom is -0.354 e. The maximum Gasteiger partial charge on any atom is 0.0471 e. The lowest BCUT2D eigenvalue weighted by Gasteiger charge is -2.30. The van der Waals surface area contributed by atoms with E-state index in [2.05, 4.69) is 183 Å². The highest BCUT2D eigenvalue weighted by Gasteiger charge is 2.32. The zero-order chi connectivity index (χ0) is 36.2. The van der Waals surface area contributed by atoms with Crippen molar-refractivity contribution in [1.29, 1.82) is 0 Å². The first-order valence-corrected chi connectivity index (χ1v) is 19.0. The van der Waals surface area contributed by atoms with Gasteiger partial charge in [-0.3, -0.25) is 0 Å². The Labute approximate surface area is 314 Å². The highest BCUT2D eigenvalue weighted by Crippen LogP contribution is 2.58. The minimum atomic E-state index is 1.15. The molecule has 0 saturated heterocycles. The van der Waals surface area contributed by atoms with E-state index >= 15 is 0 Å². The fourth-order valence-electron chi connectivity index (χ4n) is 9.63. The Morgan fingerprint density at radius 1 is 0.259 bits per heavy atom. The first kappa shape index (κ1) is 30.9. The maximum absolute atomic E-state index is 3.81. The van der Waals surface area contributed by atoms with Crippen LogP contribution in [0.3, 0.4) is 0 Å². The van der Waals surface area contributed by atoms with Crippen molar-refractivity contribution >= 4 is 43.6 Å². The molecule has 2 aromatic heterocycles. The van der Waals surface area contributed by atoms with Gasteiger partial charge < -0.3 is 9.97 Å². The Bertz CT molecular complexity index is 2990. The van der Waals surface area contributed by atoms with Crippen LogP contribution in [0.25, 0.3) is 110 Å². The van der Waals surface area contributed by atoms with Crippen molar-refractivity contribution in [3.63, 3.8) is 0 Å². The number of hydrogen-bond acceptors (Lipinski definition) is 0. The second kappa shape index (κ2) is 11.4. The summed E-state index contributed by atoms with van der Waals surface area (Å²) in [6.45, 7) is 9.07. The molecular weight excluding hydrogens is 653 g/mol. The zero-order valence-corrected chi connectivity index (χ0v) is 30.9. The van der Waals surface area contributed by atoms with Crippen LogP contribution in [0.15, 0.2) is 146 Å². The summed E-state index contributed by atoms with van der Waals surface area (Å²) in [5.41, 5.74) is 25.0. The normalized spacial score (nSPS) is 12.1. The molecule has 8 aromatic carbocycles. The highest BCUT2D eigenvalue weighted by atomic mass is 14.7. The predicted molar refractivity (Wildman–Crippen MR) is 230 cm³/mol. The molecule has 1 aliphatic carbocycles. The Morgan fingerprint density at radius 2 is 0.630 bits per heavy atom. The molecule has 0 unspecified atom stereocenters. The van der Waals surface area contributed by atoms with Crippen LogP contribution in [0.4, 0.5) is 0 Å². The van der Waals surface area contributed by atoms with Crippen LogP contribution in [0.5, 0.6) is 0 Å². The van der Waals surface area contributed by atoms with Crippen LogP contribution in [-0.2, 0) is 0 Å². The van der Waals surface area contributed by atoms with Crippen LogP contribution < -0.4 is 0 Å². The average Bonchev–Trinajstić information content (AvgIpc) is 3.76. The van der Waals surface area contributed by atoms with Crippen molar-refractivity contribution in [1.82, 2.24) is 9.97 Å². The SMILES string of the molecule is Cc1ccccc1-c1c(C)ccc2c1-c1c(ccc3[nH]c4ccccc4c13)-c1ccc3[nH]c4ccccc4c3c1-c1c-2ccc(C)c1-c1ccccc1C. The minimum absolute atomic E-state index is 1.15. The summed E-state index contributed by atoms with van der Waals surface area (Å²) in [5, 5.41) is 5.02. The fraction of sp³-hybridized carbons (Fsp3) is 0.0769. The van der Waals surface area contributed by atoms with Gasteiger partial charge in [-0.15, -0.1) is 0 Å². The van der Waals surface area contributed by atoms with Gasteiger partial charge in [-0.1, -0.05) is 121 Å². The Morgan fingerprint density at radius 3 is 1.07 bits per heavy atom. The number of fused-ring (bicyclic) bond motifs is 16. The van der Waals surface area contributed by atoms with E-state index in [4.69, 9.17) is 0 Å². The van der Waals surface area contributed by atoms with Crippen LogP contribution in [0.1, 0.15) is 22.3 Å². The summed E-state index contributed by atoms with van der Waals surface area (Å²) >= 11 is 0. The van der Waals surface area contributed by atoms with Crippen LogP contribution in [0.2, 0.25) is 0 Å². The highest BCUT2D eigenvalue weighted by molar-refractivity contribution is 6.26. The summed E-state index contributed by atoms with van der Waals surface area (Å²) in [7, 11) is 0. The van der Waals surface area contributed by atoms with E-state index < -0.39 is 0 Å². The largest absolute Gasteiger partial charge is 0.354 e. The van der Waals surface area contributed by atoms with Crippen molar-refractivity contribution in [3.05, 3.63) is 168 Å². The number of hydrogen-bond donors (Lipinski definition) is 2. The van der Waals surface area contributed by atoms with Gasteiger partial charge in [0, 0.05) is 54.7 Å². The number of aromatic amines is 2. The van der Waals surface area contributed by atoms with Crippen molar-refractivity contribution in [2.45, 2.75) is 27.7 Å². The maximum atomic E-state index is 3.81. The summed E-state index contributed by atoms with van der Waals surface area (Å²) in [5.74, 6) is 0. The van der Waals surface area contributed by atoms with Gasteiger partial charge in [0.2, 0.25) is 0 Å². The molecule has 10 aromatic rings. The topological polar surface area (TPSA) is 31.6 Å².